The molecule has 1 heterocycles. The summed E-state index contributed by atoms with van der Waals surface area (Å²) in [5.74, 6) is 0.790. The maximum atomic E-state index is 11.6. The number of rotatable bonds is 5. The second-order valence-electron chi connectivity index (χ2n) is 4.53. The highest BCUT2D eigenvalue weighted by atomic mass is 127. The Bertz CT molecular complexity index is 462. The van der Waals surface area contributed by atoms with Gasteiger partial charge in [-0.25, -0.2) is 4.98 Å². The second-order valence-corrected chi connectivity index (χ2v) is 4.53. The minimum atomic E-state index is -0.126. The van der Waals surface area contributed by atoms with E-state index in [2.05, 4.69) is 20.6 Å². The minimum absolute atomic E-state index is 0. The van der Waals surface area contributed by atoms with Crippen LogP contribution < -0.4 is 16.4 Å². The molecule has 20 heavy (non-hydrogen) atoms. The quantitative estimate of drug-likeness (QED) is 0.404. The zero-order chi connectivity index (χ0) is 14.3. The highest BCUT2D eigenvalue weighted by Crippen LogP contribution is 2.04. The van der Waals surface area contributed by atoms with Crippen molar-refractivity contribution in [3.8, 4) is 0 Å². The number of halogens is 1. The Kier molecular flexibility index (Phi) is 8.86. The fraction of sp³-hybridized carbons (Fsp3) is 0.462. The maximum Gasteiger partial charge on any atom is 0.227 e. The van der Waals surface area contributed by atoms with Crippen LogP contribution in [0.2, 0.25) is 0 Å². The van der Waals surface area contributed by atoms with Crippen LogP contribution in [0.4, 0.5) is 5.82 Å². The van der Waals surface area contributed by atoms with E-state index in [0.717, 1.165) is 5.69 Å². The van der Waals surface area contributed by atoms with Crippen LogP contribution >= 0.6 is 24.0 Å². The summed E-state index contributed by atoms with van der Waals surface area (Å²) in [6, 6.07) is 5.70. The van der Waals surface area contributed by atoms with Crippen molar-refractivity contribution in [2.45, 2.75) is 33.2 Å². The van der Waals surface area contributed by atoms with E-state index >= 15 is 0 Å². The van der Waals surface area contributed by atoms with Gasteiger partial charge in [0.2, 0.25) is 5.91 Å². The van der Waals surface area contributed by atoms with E-state index in [0.29, 0.717) is 18.3 Å². The lowest BCUT2D eigenvalue weighted by atomic mass is 10.3. The fourth-order valence-corrected chi connectivity index (χ4v) is 1.44. The van der Waals surface area contributed by atoms with Crippen molar-refractivity contribution in [1.82, 2.24) is 10.3 Å². The standard InChI is InChI=1S/C13H21N5O.HI/c1-9(2)16-13(14)15-8-7-12(19)18-11-6-4-5-10(3)17-11;/h4-6,9H,7-8H2,1-3H3,(H3,14,15,16)(H,17,18,19);1H. The molecule has 0 aromatic carbocycles. The molecule has 0 aliphatic rings. The van der Waals surface area contributed by atoms with Crippen LogP contribution in [0.1, 0.15) is 26.0 Å². The van der Waals surface area contributed by atoms with E-state index in [-0.39, 0.29) is 42.3 Å². The first-order valence-electron chi connectivity index (χ1n) is 6.27. The third-order valence-corrected chi connectivity index (χ3v) is 2.21. The van der Waals surface area contributed by atoms with Crippen LogP contribution in [0.5, 0.6) is 0 Å². The average Bonchev–Trinajstić information content (AvgIpc) is 2.27. The highest BCUT2D eigenvalue weighted by Gasteiger charge is 2.03. The number of aryl methyl sites for hydroxylation is 1. The van der Waals surface area contributed by atoms with Crippen molar-refractivity contribution >= 4 is 41.7 Å². The topological polar surface area (TPSA) is 92.4 Å². The molecule has 0 aliphatic heterocycles. The molecular weight excluding hydrogens is 369 g/mol. The van der Waals surface area contributed by atoms with Crippen molar-refractivity contribution in [3.05, 3.63) is 23.9 Å². The number of nitrogens with zero attached hydrogens (tertiary/aromatic N) is 2. The van der Waals surface area contributed by atoms with Gasteiger partial charge in [0, 0.05) is 18.2 Å². The summed E-state index contributed by atoms with van der Waals surface area (Å²) < 4.78 is 0. The molecule has 0 fully saturated rings. The average molecular weight is 391 g/mol. The fourth-order valence-electron chi connectivity index (χ4n) is 1.44. The molecule has 0 atom stereocenters. The Morgan fingerprint density at radius 2 is 2.15 bits per heavy atom. The van der Waals surface area contributed by atoms with Crippen LogP contribution in [0.15, 0.2) is 23.2 Å². The predicted molar refractivity (Wildman–Crippen MR) is 92.4 cm³/mol. The Labute approximate surface area is 136 Å². The van der Waals surface area contributed by atoms with E-state index in [1.807, 2.05) is 32.9 Å². The first-order valence-corrected chi connectivity index (χ1v) is 6.27. The third-order valence-electron chi connectivity index (χ3n) is 2.21. The molecule has 0 unspecified atom stereocenters. The van der Waals surface area contributed by atoms with Crippen molar-refractivity contribution in [2.75, 3.05) is 11.9 Å². The van der Waals surface area contributed by atoms with E-state index < -0.39 is 0 Å². The molecule has 7 heteroatoms. The molecule has 0 saturated heterocycles. The molecule has 112 valence electrons. The van der Waals surface area contributed by atoms with Gasteiger partial charge in [0.25, 0.3) is 0 Å². The molecule has 1 aromatic rings. The second kappa shape index (κ2) is 9.51. The van der Waals surface area contributed by atoms with Crippen molar-refractivity contribution in [2.24, 2.45) is 10.7 Å². The number of amides is 1. The van der Waals surface area contributed by atoms with Gasteiger partial charge in [-0.2, -0.15) is 0 Å². The molecule has 1 amide bonds. The van der Waals surface area contributed by atoms with Gasteiger partial charge in [-0.1, -0.05) is 6.07 Å². The van der Waals surface area contributed by atoms with Gasteiger partial charge >= 0.3 is 0 Å². The van der Waals surface area contributed by atoms with E-state index in [1.165, 1.54) is 0 Å². The summed E-state index contributed by atoms with van der Waals surface area (Å²) >= 11 is 0. The SMILES string of the molecule is Cc1cccc(NC(=O)CCN=C(N)NC(C)C)n1.I. The van der Waals surface area contributed by atoms with Crippen molar-refractivity contribution in [1.29, 1.82) is 0 Å². The molecule has 4 N–H and O–H groups in total. The Morgan fingerprint density at radius 1 is 1.45 bits per heavy atom. The predicted octanol–water partition coefficient (Wildman–Crippen LogP) is 1.65. The van der Waals surface area contributed by atoms with Crippen LogP contribution in [-0.2, 0) is 4.79 Å². The van der Waals surface area contributed by atoms with Crippen LogP contribution in [0.25, 0.3) is 0 Å². The van der Waals surface area contributed by atoms with Gasteiger partial charge in [0.1, 0.15) is 5.82 Å². The Morgan fingerprint density at radius 3 is 2.75 bits per heavy atom. The third kappa shape index (κ3) is 7.93. The zero-order valence-electron chi connectivity index (χ0n) is 12.0. The molecule has 6 nitrogen and oxygen atoms in total. The van der Waals surface area contributed by atoms with Crippen LogP contribution in [0.3, 0.4) is 0 Å². The van der Waals surface area contributed by atoms with Gasteiger partial charge < -0.3 is 16.4 Å². The number of carbonyl (C=O) groups excluding carboxylic acids is 1. The first-order chi connectivity index (χ1) is 8.97. The minimum Gasteiger partial charge on any atom is -0.370 e. The molecule has 0 bridgehead atoms. The lowest BCUT2D eigenvalue weighted by molar-refractivity contribution is -0.116. The number of hydrogen-bond donors (Lipinski definition) is 3. The van der Waals surface area contributed by atoms with Gasteiger partial charge in [-0.3, -0.25) is 9.79 Å². The number of anilines is 1. The maximum absolute atomic E-state index is 11.6. The molecule has 0 spiro atoms. The normalized spacial score (nSPS) is 10.9. The largest absolute Gasteiger partial charge is 0.370 e. The number of guanidine groups is 1. The van der Waals surface area contributed by atoms with Crippen molar-refractivity contribution < 1.29 is 4.79 Å². The number of pyridine rings is 1. The van der Waals surface area contributed by atoms with E-state index in [1.54, 1.807) is 6.07 Å². The first kappa shape index (κ1) is 18.6. The highest BCUT2D eigenvalue weighted by molar-refractivity contribution is 14.0. The molecule has 0 aliphatic carbocycles. The van der Waals surface area contributed by atoms with Crippen molar-refractivity contribution in [3.63, 3.8) is 0 Å². The number of aliphatic imine (C=N–C) groups is 1. The van der Waals surface area contributed by atoms with Crippen LogP contribution in [-0.4, -0.2) is 29.4 Å². The molecule has 1 aromatic heterocycles. The number of carbonyl (C=O) groups is 1. The van der Waals surface area contributed by atoms with Gasteiger partial charge in [-0.15, -0.1) is 24.0 Å². The molecular formula is C13H22IN5O. The number of aromatic nitrogens is 1. The molecule has 1 rings (SSSR count). The molecule has 0 saturated carbocycles. The van der Waals surface area contributed by atoms with E-state index in [9.17, 15) is 4.79 Å². The summed E-state index contributed by atoms with van der Waals surface area (Å²) in [6.45, 7) is 6.17. The smallest absolute Gasteiger partial charge is 0.227 e. The Hall–Kier alpha value is -1.38. The lowest BCUT2D eigenvalue weighted by Gasteiger charge is -2.08. The van der Waals surface area contributed by atoms with Crippen LogP contribution in [0, 0.1) is 6.92 Å². The zero-order valence-corrected chi connectivity index (χ0v) is 14.3. The molecule has 0 radical (unpaired) electrons. The summed E-state index contributed by atoms with van der Waals surface area (Å²) in [6.07, 6.45) is 0.274. The van der Waals surface area contributed by atoms with Gasteiger partial charge in [0.15, 0.2) is 5.96 Å². The summed E-state index contributed by atoms with van der Waals surface area (Å²) in [5.41, 5.74) is 6.49. The summed E-state index contributed by atoms with van der Waals surface area (Å²) in [7, 11) is 0. The Balaban J connectivity index is 0.00000361. The number of nitrogens with one attached hydrogen (secondary N) is 2. The van der Waals surface area contributed by atoms with Gasteiger partial charge in [-0.05, 0) is 32.9 Å². The lowest BCUT2D eigenvalue weighted by Crippen LogP contribution is -2.36. The van der Waals surface area contributed by atoms with E-state index in [4.69, 9.17) is 5.73 Å². The summed E-state index contributed by atoms with van der Waals surface area (Å²) in [4.78, 5) is 19.9. The monoisotopic (exact) mass is 391 g/mol. The number of nitrogens with two attached hydrogens (primary N) is 1. The number of hydrogen-bond acceptors (Lipinski definition) is 3. The van der Waals surface area contributed by atoms with Gasteiger partial charge in [0.05, 0.1) is 6.54 Å². The summed E-state index contributed by atoms with van der Waals surface area (Å²) in [5, 5.41) is 5.67.